The molecule has 6 rings (SSSR count). The minimum atomic E-state index is -1.22. The molecule has 4 amide bonds. The van der Waals surface area contributed by atoms with Crippen molar-refractivity contribution in [2.24, 2.45) is 11.8 Å². The maximum absolute atomic E-state index is 13.5. The number of nitrogens with one attached hydrogen (secondary N) is 4. The number of likely N-dealkylation sites (tertiary alicyclic amines) is 2. The number of methoxy groups -OCH3 is 1. The van der Waals surface area contributed by atoms with Crippen molar-refractivity contribution in [1.82, 2.24) is 40.4 Å². The maximum atomic E-state index is 13.5. The molecule has 4 atom stereocenters. The Morgan fingerprint density at radius 1 is 0.800 bits per heavy atom. The van der Waals surface area contributed by atoms with Gasteiger partial charge in [0.25, 0.3) is 0 Å². The number of fused-ring (bicyclic) bond motifs is 1. The average Bonchev–Trinajstić information content (AvgIpc) is 4.00. The summed E-state index contributed by atoms with van der Waals surface area (Å²) in [6.45, 7) is 8.49. The van der Waals surface area contributed by atoms with Crippen LogP contribution in [0.25, 0.3) is 22.0 Å². The van der Waals surface area contributed by atoms with Gasteiger partial charge in [0.05, 0.1) is 37.3 Å². The average molecular weight is 747 g/mol. The van der Waals surface area contributed by atoms with Crippen LogP contribution < -0.4 is 10.6 Å². The molecule has 3 unspecified atom stereocenters. The first kappa shape index (κ1) is 38.4. The minimum absolute atomic E-state index is 0.127. The lowest BCUT2D eigenvalue weighted by atomic mass is 9.99. The second kappa shape index (κ2) is 16.8. The lowest BCUT2D eigenvalue weighted by molar-refractivity contribution is -0.136. The monoisotopic (exact) mass is 746 g/mol. The van der Waals surface area contributed by atoms with Gasteiger partial charge in [-0.3, -0.25) is 9.59 Å². The van der Waals surface area contributed by atoms with Crippen molar-refractivity contribution in [1.29, 1.82) is 0 Å². The number of hydrogen-bond acceptors (Lipinski definition) is 7. The molecule has 4 heterocycles. The van der Waals surface area contributed by atoms with Crippen molar-refractivity contribution in [3.05, 3.63) is 71.7 Å². The minimum Gasteiger partial charge on any atom is -0.465 e. The van der Waals surface area contributed by atoms with Crippen LogP contribution in [-0.4, -0.2) is 91.1 Å². The highest BCUT2D eigenvalue weighted by Gasteiger charge is 2.38. The van der Waals surface area contributed by atoms with Gasteiger partial charge in [-0.1, -0.05) is 63.9 Å². The van der Waals surface area contributed by atoms with Crippen LogP contribution in [0.5, 0.6) is 0 Å². The van der Waals surface area contributed by atoms with E-state index in [2.05, 4.69) is 54.3 Å². The van der Waals surface area contributed by atoms with E-state index in [0.29, 0.717) is 30.4 Å². The van der Waals surface area contributed by atoms with E-state index in [0.717, 1.165) is 53.3 Å². The molecule has 2 fully saturated rings. The van der Waals surface area contributed by atoms with Crippen LogP contribution in [0.15, 0.2) is 48.8 Å². The van der Waals surface area contributed by atoms with Crippen molar-refractivity contribution in [2.45, 2.75) is 77.5 Å². The third-order valence-corrected chi connectivity index (χ3v) is 10.2. The Balaban J connectivity index is 1.17. The number of rotatable bonds is 9. The zero-order chi connectivity index (χ0) is 39.2. The third-order valence-electron chi connectivity index (χ3n) is 10.2. The SMILES string of the molecule is COC(=O)NC(C(=O)N1CCCC1c1ncc(C#CC#Cc2cccc3c(-c4cnc(C5CCCN5C(=O)[C@@H](NC(=O)O)C(C)C)[nH]4)cccc23)[nH]1)C(C)C. The number of carboxylic acid groups (broad SMARTS) is 1. The molecule has 55 heavy (non-hydrogen) atoms. The summed E-state index contributed by atoms with van der Waals surface area (Å²) in [6.07, 6.45) is 4.60. The van der Waals surface area contributed by atoms with E-state index in [1.807, 2.05) is 64.1 Å². The number of alkyl carbamates (subject to hydrolysis) is 1. The predicted molar refractivity (Wildman–Crippen MR) is 205 cm³/mol. The molecule has 2 aromatic carbocycles. The van der Waals surface area contributed by atoms with Gasteiger partial charge in [0.2, 0.25) is 11.8 Å². The molecule has 2 aliphatic rings. The third kappa shape index (κ3) is 8.44. The quantitative estimate of drug-likeness (QED) is 0.142. The predicted octanol–water partition coefficient (Wildman–Crippen LogP) is 5.36. The largest absolute Gasteiger partial charge is 0.465 e. The first-order valence-electron chi connectivity index (χ1n) is 18.6. The second-order valence-electron chi connectivity index (χ2n) is 14.5. The van der Waals surface area contributed by atoms with Crippen molar-refractivity contribution in [3.8, 4) is 34.9 Å². The van der Waals surface area contributed by atoms with Crippen LogP contribution in [0.1, 0.15) is 88.4 Å². The van der Waals surface area contributed by atoms with E-state index < -0.39 is 24.3 Å². The Hall–Kier alpha value is -6.28. The topological polar surface area (TPSA) is 186 Å². The van der Waals surface area contributed by atoms with Gasteiger partial charge in [-0.2, -0.15) is 0 Å². The number of aromatic amines is 2. The molecule has 5 N–H and O–H groups in total. The Kier molecular flexibility index (Phi) is 11.7. The van der Waals surface area contributed by atoms with E-state index in [-0.39, 0.29) is 35.7 Å². The number of nitrogens with zero attached hydrogens (tertiary/aromatic N) is 4. The van der Waals surface area contributed by atoms with Crippen LogP contribution in [0.2, 0.25) is 0 Å². The van der Waals surface area contributed by atoms with Crippen molar-refractivity contribution in [3.63, 3.8) is 0 Å². The smallest absolute Gasteiger partial charge is 0.407 e. The Morgan fingerprint density at radius 2 is 1.38 bits per heavy atom. The van der Waals surface area contributed by atoms with Crippen LogP contribution in [0.3, 0.4) is 0 Å². The molecule has 0 bridgehead atoms. The number of hydrogen-bond donors (Lipinski definition) is 5. The fourth-order valence-electron chi connectivity index (χ4n) is 7.40. The molecule has 14 heteroatoms. The van der Waals surface area contributed by atoms with Gasteiger partial charge in [0.15, 0.2) is 0 Å². The highest BCUT2D eigenvalue weighted by Crippen LogP contribution is 2.35. The van der Waals surface area contributed by atoms with Gasteiger partial charge in [0.1, 0.15) is 29.4 Å². The molecular weight excluding hydrogens is 701 g/mol. The number of amides is 4. The molecule has 2 aromatic heterocycles. The van der Waals surface area contributed by atoms with Gasteiger partial charge in [0, 0.05) is 24.2 Å². The molecule has 2 saturated heterocycles. The normalized spacial score (nSPS) is 17.7. The number of benzene rings is 2. The summed E-state index contributed by atoms with van der Waals surface area (Å²) < 4.78 is 4.73. The summed E-state index contributed by atoms with van der Waals surface area (Å²) in [6, 6.07) is 9.79. The second-order valence-corrected chi connectivity index (χ2v) is 14.5. The summed E-state index contributed by atoms with van der Waals surface area (Å²) >= 11 is 0. The van der Waals surface area contributed by atoms with Crippen molar-refractivity contribution >= 4 is 34.8 Å². The molecule has 14 nitrogen and oxygen atoms in total. The molecule has 0 aliphatic carbocycles. The summed E-state index contributed by atoms with van der Waals surface area (Å²) in [5.74, 6) is 12.7. The summed E-state index contributed by atoms with van der Waals surface area (Å²) in [4.78, 5) is 69.6. The van der Waals surface area contributed by atoms with Crippen LogP contribution in [0, 0.1) is 35.5 Å². The van der Waals surface area contributed by atoms with Gasteiger partial charge in [-0.15, -0.1) is 0 Å². The first-order valence-corrected chi connectivity index (χ1v) is 18.6. The maximum Gasteiger partial charge on any atom is 0.407 e. The van der Waals surface area contributed by atoms with Crippen molar-refractivity contribution < 1.29 is 29.0 Å². The molecule has 2 aliphatic heterocycles. The van der Waals surface area contributed by atoms with E-state index in [1.165, 1.54) is 7.11 Å². The summed E-state index contributed by atoms with van der Waals surface area (Å²) in [7, 11) is 1.27. The fraction of sp³-hybridized carbons (Fsp3) is 0.415. The van der Waals surface area contributed by atoms with Gasteiger partial charge >= 0.3 is 12.2 Å². The summed E-state index contributed by atoms with van der Waals surface area (Å²) in [5.41, 5.74) is 3.11. The van der Waals surface area contributed by atoms with Crippen LogP contribution in [0.4, 0.5) is 9.59 Å². The number of imidazole rings is 2. The van der Waals surface area contributed by atoms with Crippen LogP contribution >= 0.6 is 0 Å². The molecule has 0 radical (unpaired) electrons. The Morgan fingerprint density at radius 3 is 2.02 bits per heavy atom. The number of carbonyl (C=O) groups excluding carboxylic acids is 3. The van der Waals surface area contributed by atoms with E-state index in [9.17, 15) is 24.3 Å². The van der Waals surface area contributed by atoms with E-state index >= 15 is 0 Å². The lowest BCUT2D eigenvalue weighted by Gasteiger charge is -2.29. The molecule has 0 saturated carbocycles. The van der Waals surface area contributed by atoms with Gasteiger partial charge in [-0.25, -0.2) is 19.6 Å². The number of ether oxygens (including phenoxy) is 1. The zero-order valence-electron chi connectivity index (χ0n) is 31.6. The highest BCUT2D eigenvalue weighted by molar-refractivity contribution is 5.99. The zero-order valence-corrected chi connectivity index (χ0v) is 31.6. The number of carbonyl (C=O) groups is 4. The Bertz CT molecular complexity index is 2200. The molecule has 286 valence electrons. The van der Waals surface area contributed by atoms with E-state index in [1.54, 1.807) is 22.2 Å². The number of aromatic nitrogens is 4. The van der Waals surface area contributed by atoms with Crippen LogP contribution in [-0.2, 0) is 14.3 Å². The Labute approximate surface area is 319 Å². The fourth-order valence-corrected chi connectivity index (χ4v) is 7.40. The summed E-state index contributed by atoms with van der Waals surface area (Å²) in [5, 5.41) is 16.3. The first-order chi connectivity index (χ1) is 26.5. The van der Waals surface area contributed by atoms with Gasteiger partial charge < -0.3 is 40.2 Å². The molecule has 4 aromatic rings. The van der Waals surface area contributed by atoms with Crippen molar-refractivity contribution in [2.75, 3.05) is 20.2 Å². The lowest BCUT2D eigenvalue weighted by Crippen LogP contribution is -2.51. The van der Waals surface area contributed by atoms with E-state index in [4.69, 9.17) is 4.74 Å². The highest BCUT2D eigenvalue weighted by atomic mass is 16.5. The molecular formula is C41H46N8O6. The standard InChI is InChI=1S/C41H46N8O6/c1-24(2)34(46-40(52)53)38(50)49-21-11-19-33(49)37-43-23-31(45-37)30-17-9-15-28-26(13-8-16-29(28)30)12-6-7-14-27-22-42-36(44-27)32-18-10-20-48(32)39(51)35(25(3)4)47-41(54)55-5/h8-9,13,15-17,22-25,32-35,46H,10-11,18-21H2,1-5H3,(H,42,44)(H,43,45)(H,47,54)(H,52,53)/t32?,33?,34-,35?/m0/s1. The molecule has 0 spiro atoms. The number of H-pyrrole nitrogens is 2. The van der Waals surface area contributed by atoms with Gasteiger partial charge in [-0.05, 0) is 72.1 Å².